The van der Waals surface area contributed by atoms with E-state index < -0.39 is 0 Å². The molecule has 0 fully saturated rings. The van der Waals surface area contributed by atoms with Gasteiger partial charge in [0.25, 0.3) is 5.56 Å². The van der Waals surface area contributed by atoms with Crippen LogP contribution in [0.2, 0.25) is 0 Å². The highest BCUT2D eigenvalue weighted by atomic mass is 32.2. The molecule has 1 aromatic carbocycles. The van der Waals surface area contributed by atoms with Crippen LogP contribution in [0.5, 0.6) is 0 Å². The van der Waals surface area contributed by atoms with Gasteiger partial charge in [0.1, 0.15) is 0 Å². The molecule has 0 aliphatic rings. The first-order chi connectivity index (χ1) is 10.5. The number of Topliss-reactive ketones (excluding diaryl/α,β-unsaturated/α-hetero) is 1. The number of nitrogens with zero attached hydrogens (tertiary/aromatic N) is 1. The zero-order valence-electron chi connectivity index (χ0n) is 12.3. The van der Waals surface area contributed by atoms with E-state index >= 15 is 0 Å². The first-order valence-electron chi connectivity index (χ1n) is 6.86. The molecule has 0 saturated heterocycles. The minimum absolute atomic E-state index is 0.0177. The molecule has 0 bridgehead atoms. The minimum atomic E-state index is -0.203. The highest BCUT2D eigenvalue weighted by Crippen LogP contribution is 2.24. The second kappa shape index (κ2) is 5.81. The van der Waals surface area contributed by atoms with Gasteiger partial charge in [-0.3, -0.25) is 9.59 Å². The average molecular weight is 313 g/mol. The molecule has 2 aromatic heterocycles. The normalized spacial score (nSPS) is 11.0. The quantitative estimate of drug-likeness (QED) is 0.441. The Morgan fingerprint density at radius 3 is 2.77 bits per heavy atom. The van der Waals surface area contributed by atoms with E-state index in [1.165, 1.54) is 17.8 Å². The number of H-pyrrole nitrogens is 2. The number of thioether (sulfide) groups is 1. The molecule has 0 aliphatic carbocycles. The van der Waals surface area contributed by atoms with Gasteiger partial charge < -0.3 is 9.97 Å². The van der Waals surface area contributed by atoms with Crippen molar-refractivity contribution in [1.29, 1.82) is 0 Å². The smallest absolute Gasteiger partial charge is 0.251 e. The summed E-state index contributed by atoms with van der Waals surface area (Å²) in [6.45, 7) is 3.65. The van der Waals surface area contributed by atoms with Crippen molar-refractivity contribution < 1.29 is 4.79 Å². The fourth-order valence-corrected chi connectivity index (χ4v) is 3.26. The van der Waals surface area contributed by atoms with Crippen LogP contribution in [0.25, 0.3) is 10.9 Å². The SMILES string of the molecule is Cc1cc(=O)[nH]c(SCC(=O)c2c(C)[nH]c3ccccc23)n1. The maximum atomic E-state index is 12.5. The molecule has 0 spiro atoms. The Morgan fingerprint density at radius 1 is 1.23 bits per heavy atom. The van der Waals surface area contributed by atoms with Gasteiger partial charge in [-0.2, -0.15) is 0 Å². The molecule has 22 heavy (non-hydrogen) atoms. The first-order valence-corrected chi connectivity index (χ1v) is 7.84. The van der Waals surface area contributed by atoms with Crippen molar-refractivity contribution in [2.24, 2.45) is 0 Å². The number of hydrogen-bond acceptors (Lipinski definition) is 4. The highest BCUT2D eigenvalue weighted by Gasteiger charge is 2.16. The summed E-state index contributed by atoms with van der Waals surface area (Å²) in [5.41, 5.74) is 2.96. The summed E-state index contributed by atoms with van der Waals surface area (Å²) in [7, 11) is 0. The molecular weight excluding hydrogens is 298 g/mol. The van der Waals surface area contributed by atoms with E-state index in [2.05, 4.69) is 15.0 Å². The van der Waals surface area contributed by atoms with Crippen LogP contribution < -0.4 is 5.56 Å². The third-order valence-corrected chi connectivity index (χ3v) is 4.23. The number of benzene rings is 1. The summed E-state index contributed by atoms with van der Waals surface area (Å²) >= 11 is 1.24. The average Bonchev–Trinajstić information content (AvgIpc) is 2.79. The monoisotopic (exact) mass is 313 g/mol. The van der Waals surface area contributed by atoms with Crippen molar-refractivity contribution in [2.45, 2.75) is 19.0 Å². The zero-order chi connectivity index (χ0) is 15.7. The van der Waals surface area contributed by atoms with Gasteiger partial charge in [0.15, 0.2) is 10.9 Å². The Morgan fingerprint density at radius 2 is 2.00 bits per heavy atom. The number of hydrogen-bond donors (Lipinski definition) is 2. The van der Waals surface area contributed by atoms with Crippen molar-refractivity contribution >= 4 is 28.4 Å². The number of nitrogens with one attached hydrogen (secondary N) is 2. The van der Waals surface area contributed by atoms with Gasteiger partial charge in [-0.25, -0.2) is 4.98 Å². The standard InChI is InChI=1S/C16H15N3O2S/c1-9-7-14(21)19-16(17-9)22-8-13(20)15-10(2)18-12-6-4-3-5-11(12)15/h3-7,18H,8H2,1-2H3,(H,17,19,21). The Hall–Kier alpha value is -2.34. The van der Waals surface area contributed by atoms with Crippen molar-refractivity contribution in [3.05, 3.63) is 57.6 Å². The van der Waals surface area contributed by atoms with E-state index in [0.29, 0.717) is 16.4 Å². The van der Waals surface area contributed by atoms with Crippen LogP contribution >= 0.6 is 11.8 Å². The van der Waals surface area contributed by atoms with Crippen LogP contribution in [0.1, 0.15) is 21.7 Å². The van der Waals surface area contributed by atoms with E-state index in [-0.39, 0.29) is 17.1 Å². The van der Waals surface area contributed by atoms with Crippen LogP contribution in [0.4, 0.5) is 0 Å². The first kappa shape index (κ1) is 14.6. The van der Waals surface area contributed by atoms with Crippen molar-refractivity contribution in [2.75, 3.05) is 5.75 Å². The summed E-state index contributed by atoms with van der Waals surface area (Å²) in [4.78, 5) is 34.0. The van der Waals surface area contributed by atoms with Gasteiger partial charge >= 0.3 is 0 Å². The topological polar surface area (TPSA) is 78.6 Å². The van der Waals surface area contributed by atoms with Crippen LogP contribution in [0.3, 0.4) is 0 Å². The van der Waals surface area contributed by atoms with Crippen LogP contribution in [-0.2, 0) is 0 Å². The fourth-order valence-electron chi connectivity index (χ4n) is 2.46. The molecule has 0 saturated carbocycles. The van der Waals surface area contributed by atoms with Gasteiger partial charge in [0.05, 0.1) is 5.75 Å². The van der Waals surface area contributed by atoms with E-state index in [1.807, 2.05) is 31.2 Å². The third kappa shape index (κ3) is 2.82. The van der Waals surface area contributed by atoms with E-state index in [4.69, 9.17) is 0 Å². The summed E-state index contributed by atoms with van der Waals surface area (Å²) in [5.74, 6) is 0.249. The molecule has 2 heterocycles. The van der Waals surface area contributed by atoms with Crippen molar-refractivity contribution in [3.8, 4) is 0 Å². The Balaban J connectivity index is 1.84. The van der Waals surface area contributed by atoms with Gasteiger partial charge in [-0.15, -0.1) is 0 Å². The Labute approximate surface area is 131 Å². The lowest BCUT2D eigenvalue weighted by Crippen LogP contribution is -2.10. The van der Waals surface area contributed by atoms with Gasteiger partial charge in [-0.05, 0) is 19.9 Å². The number of fused-ring (bicyclic) bond motifs is 1. The zero-order valence-corrected chi connectivity index (χ0v) is 13.1. The Bertz CT molecular complexity index is 911. The molecule has 2 N–H and O–H groups in total. The highest BCUT2D eigenvalue weighted by molar-refractivity contribution is 7.99. The van der Waals surface area contributed by atoms with Crippen LogP contribution in [0.15, 0.2) is 40.3 Å². The van der Waals surface area contributed by atoms with E-state index in [0.717, 1.165) is 16.6 Å². The molecule has 0 aliphatic heterocycles. The number of ketones is 1. The molecule has 0 unspecified atom stereocenters. The molecule has 112 valence electrons. The van der Waals surface area contributed by atoms with E-state index in [9.17, 15) is 9.59 Å². The second-order valence-electron chi connectivity index (χ2n) is 5.07. The number of rotatable bonds is 4. The fraction of sp³-hybridized carbons (Fsp3) is 0.188. The predicted octanol–water partition coefficient (Wildman–Crippen LogP) is 2.84. The maximum Gasteiger partial charge on any atom is 0.251 e. The molecule has 5 nitrogen and oxygen atoms in total. The molecule has 0 radical (unpaired) electrons. The number of carbonyl (C=O) groups excluding carboxylic acids is 1. The largest absolute Gasteiger partial charge is 0.358 e. The lowest BCUT2D eigenvalue weighted by atomic mass is 10.1. The maximum absolute atomic E-state index is 12.5. The minimum Gasteiger partial charge on any atom is -0.358 e. The summed E-state index contributed by atoms with van der Waals surface area (Å²) in [6, 6.07) is 9.16. The molecule has 3 rings (SSSR count). The summed E-state index contributed by atoms with van der Waals surface area (Å²) in [5, 5.41) is 1.40. The van der Waals surface area contributed by atoms with E-state index in [1.54, 1.807) is 6.92 Å². The number of carbonyl (C=O) groups is 1. The van der Waals surface area contributed by atoms with Crippen LogP contribution in [0, 0.1) is 13.8 Å². The molecular formula is C16H15N3O2S. The summed E-state index contributed by atoms with van der Waals surface area (Å²) < 4.78 is 0. The number of aryl methyl sites for hydroxylation is 2. The predicted molar refractivity (Wildman–Crippen MR) is 87.7 cm³/mol. The van der Waals surface area contributed by atoms with Crippen molar-refractivity contribution in [1.82, 2.24) is 15.0 Å². The lowest BCUT2D eigenvalue weighted by Gasteiger charge is -2.02. The molecule has 0 atom stereocenters. The van der Waals surface area contributed by atoms with Gasteiger partial charge in [0.2, 0.25) is 0 Å². The summed E-state index contributed by atoms with van der Waals surface area (Å²) in [6.07, 6.45) is 0. The third-order valence-electron chi connectivity index (χ3n) is 3.36. The second-order valence-corrected chi connectivity index (χ2v) is 6.04. The van der Waals surface area contributed by atoms with Gasteiger partial charge in [0, 0.05) is 33.9 Å². The number of para-hydroxylation sites is 1. The number of aromatic nitrogens is 3. The molecule has 3 aromatic rings. The lowest BCUT2D eigenvalue weighted by molar-refractivity contribution is 0.102. The van der Waals surface area contributed by atoms with Gasteiger partial charge in [-0.1, -0.05) is 30.0 Å². The Kier molecular flexibility index (Phi) is 3.85. The van der Waals surface area contributed by atoms with Crippen LogP contribution in [-0.4, -0.2) is 26.5 Å². The molecule has 0 amide bonds. The molecule has 6 heteroatoms. The number of aromatic amines is 2. The van der Waals surface area contributed by atoms with Crippen molar-refractivity contribution in [3.63, 3.8) is 0 Å².